The molecule has 0 aliphatic heterocycles. The average molecular weight is 247 g/mol. The third-order valence-electron chi connectivity index (χ3n) is 2.13. The summed E-state index contributed by atoms with van der Waals surface area (Å²) >= 11 is 4.83. The Morgan fingerprint density at radius 1 is 1.41 bits per heavy atom. The fourth-order valence-corrected chi connectivity index (χ4v) is 1.40. The molecule has 2 heterocycles. The summed E-state index contributed by atoms with van der Waals surface area (Å²) in [5.74, 6) is -0.528. The molecular formula is C10H9N5OS. The van der Waals surface area contributed by atoms with Crippen LogP contribution in [-0.2, 0) is 0 Å². The number of pyridine rings is 1. The molecule has 0 atom stereocenters. The highest BCUT2D eigenvalue weighted by atomic mass is 32.1. The van der Waals surface area contributed by atoms with E-state index >= 15 is 0 Å². The molecule has 0 unspecified atom stereocenters. The molecule has 2 aromatic heterocycles. The molecule has 6 nitrogen and oxygen atoms in total. The van der Waals surface area contributed by atoms with Crippen LogP contribution < -0.4 is 11.5 Å². The molecule has 4 N–H and O–H groups in total. The lowest BCUT2D eigenvalue weighted by molar-refractivity contribution is 0.100. The predicted octanol–water partition coefficient (Wildman–Crippen LogP) is 0.000400. The molecule has 0 saturated carbocycles. The van der Waals surface area contributed by atoms with Gasteiger partial charge in [-0.1, -0.05) is 12.2 Å². The number of aromatic nitrogens is 3. The molecular weight excluding hydrogens is 238 g/mol. The van der Waals surface area contributed by atoms with Crippen molar-refractivity contribution in [3.8, 4) is 5.69 Å². The molecule has 0 bridgehead atoms. The average Bonchev–Trinajstić information content (AvgIpc) is 2.78. The summed E-state index contributed by atoms with van der Waals surface area (Å²) in [6, 6.07) is 3.40. The van der Waals surface area contributed by atoms with Crippen LogP contribution in [0.25, 0.3) is 5.69 Å². The Labute approximate surface area is 102 Å². The number of nitrogens with zero attached hydrogens (tertiary/aromatic N) is 3. The minimum Gasteiger partial charge on any atom is -0.388 e. The Morgan fingerprint density at radius 2 is 2.18 bits per heavy atom. The lowest BCUT2D eigenvalue weighted by Gasteiger charge is -2.02. The normalized spacial score (nSPS) is 10.1. The topological polar surface area (TPSA) is 99.8 Å². The van der Waals surface area contributed by atoms with Crippen LogP contribution >= 0.6 is 12.2 Å². The van der Waals surface area contributed by atoms with Gasteiger partial charge in [-0.2, -0.15) is 5.10 Å². The largest absolute Gasteiger partial charge is 0.388 e. The first kappa shape index (κ1) is 11.2. The highest BCUT2D eigenvalue weighted by Crippen LogP contribution is 2.08. The van der Waals surface area contributed by atoms with E-state index in [0.717, 1.165) is 0 Å². The van der Waals surface area contributed by atoms with Crippen LogP contribution in [0.1, 0.15) is 16.1 Å². The summed E-state index contributed by atoms with van der Waals surface area (Å²) in [5.41, 5.74) is 12.1. The summed E-state index contributed by atoms with van der Waals surface area (Å²) in [7, 11) is 0. The van der Waals surface area contributed by atoms with Crippen molar-refractivity contribution in [2.24, 2.45) is 11.5 Å². The minimum absolute atomic E-state index is 0.203. The molecule has 0 aliphatic rings. The molecule has 0 radical (unpaired) electrons. The monoisotopic (exact) mass is 247 g/mol. The maximum Gasteiger partial charge on any atom is 0.251 e. The number of amides is 1. The van der Waals surface area contributed by atoms with Crippen molar-refractivity contribution in [3.63, 3.8) is 0 Å². The minimum atomic E-state index is -0.528. The summed E-state index contributed by atoms with van der Waals surface area (Å²) in [6.45, 7) is 0. The van der Waals surface area contributed by atoms with Gasteiger partial charge in [-0.15, -0.1) is 0 Å². The maximum atomic E-state index is 10.9. The second-order valence-electron chi connectivity index (χ2n) is 3.30. The molecule has 0 saturated heterocycles. The van der Waals surface area contributed by atoms with Gasteiger partial charge in [0.15, 0.2) is 0 Å². The number of thiocarbonyl (C=S) groups is 1. The number of nitrogens with two attached hydrogens (primary N) is 2. The predicted molar refractivity (Wildman–Crippen MR) is 65.8 cm³/mol. The van der Waals surface area contributed by atoms with E-state index in [4.69, 9.17) is 23.7 Å². The van der Waals surface area contributed by atoms with Gasteiger partial charge in [-0.05, 0) is 12.1 Å². The van der Waals surface area contributed by atoms with Gasteiger partial charge in [0.05, 0.1) is 23.1 Å². The first-order valence-corrected chi connectivity index (χ1v) is 5.09. The molecule has 86 valence electrons. The molecule has 2 aromatic rings. The molecule has 7 heteroatoms. The number of hydrogen-bond acceptors (Lipinski definition) is 4. The van der Waals surface area contributed by atoms with E-state index in [-0.39, 0.29) is 4.99 Å². The van der Waals surface area contributed by atoms with Crippen LogP contribution in [0.4, 0.5) is 0 Å². The first-order valence-electron chi connectivity index (χ1n) is 4.68. The van der Waals surface area contributed by atoms with Gasteiger partial charge in [-0.3, -0.25) is 9.78 Å². The van der Waals surface area contributed by atoms with Gasteiger partial charge < -0.3 is 11.5 Å². The van der Waals surface area contributed by atoms with E-state index in [1.165, 1.54) is 17.1 Å². The van der Waals surface area contributed by atoms with Crippen LogP contribution in [0.3, 0.4) is 0 Å². The van der Waals surface area contributed by atoms with Crippen molar-refractivity contribution >= 4 is 23.1 Å². The van der Waals surface area contributed by atoms with Crippen LogP contribution in [0, 0.1) is 0 Å². The molecule has 1 amide bonds. The van der Waals surface area contributed by atoms with Crippen LogP contribution in [0.15, 0.2) is 30.7 Å². The van der Waals surface area contributed by atoms with E-state index < -0.39 is 5.91 Å². The van der Waals surface area contributed by atoms with Crippen molar-refractivity contribution in [3.05, 3.63) is 42.0 Å². The number of carbonyl (C=O) groups excluding carboxylic acids is 1. The molecule has 17 heavy (non-hydrogen) atoms. The van der Waals surface area contributed by atoms with Crippen molar-refractivity contribution in [2.75, 3.05) is 0 Å². The number of hydrogen-bond donors (Lipinski definition) is 2. The summed E-state index contributed by atoms with van der Waals surface area (Å²) < 4.78 is 1.50. The summed E-state index contributed by atoms with van der Waals surface area (Å²) in [5, 5.41) is 4.01. The molecule has 0 aromatic carbocycles. The molecule has 2 rings (SSSR count). The molecule has 0 spiro atoms. The summed E-state index contributed by atoms with van der Waals surface area (Å²) in [4.78, 5) is 15.1. The van der Waals surface area contributed by atoms with E-state index in [0.29, 0.717) is 16.9 Å². The fraction of sp³-hybridized carbons (Fsp3) is 0. The smallest absolute Gasteiger partial charge is 0.251 e. The Hall–Kier alpha value is -2.28. The van der Waals surface area contributed by atoms with Gasteiger partial charge in [0, 0.05) is 12.4 Å². The number of primary amides is 1. The second kappa shape index (κ2) is 4.30. The van der Waals surface area contributed by atoms with Crippen LogP contribution in [-0.4, -0.2) is 25.7 Å². The highest BCUT2D eigenvalue weighted by molar-refractivity contribution is 7.80. The Morgan fingerprint density at radius 3 is 2.76 bits per heavy atom. The quantitative estimate of drug-likeness (QED) is 0.744. The zero-order chi connectivity index (χ0) is 12.4. The zero-order valence-electron chi connectivity index (χ0n) is 8.70. The van der Waals surface area contributed by atoms with E-state index in [1.807, 2.05) is 0 Å². The number of rotatable bonds is 3. The SMILES string of the molecule is NC(=O)c1cnn(-c2ccnc(C(N)=S)c2)c1. The Balaban J connectivity index is 2.42. The third-order valence-corrected chi connectivity index (χ3v) is 2.34. The molecule has 0 fully saturated rings. The lowest BCUT2D eigenvalue weighted by atomic mass is 10.3. The zero-order valence-corrected chi connectivity index (χ0v) is 9.52. The van der Waals surface area contributed by atoms with E-state index in [9.17, 15) is 4.79 Å². The molecule has 0 aliphatic carbocycles. The first-order chi connectivity index (χ1) is 8.08. The van der Waals surface area contributed by atoms with Gasteiger partial charge in [0.25, 0.3) is 5.91 Å². The second-order valence-corrected chi connectivity index (χ2v) is 3.74. The Bertz CT molecular complexity index is 592. The van der Waals surface area contributed by atoms with Crippen LogP contribution in [0.2, 0.25) is 0 Å². The van der Waals surface area contributed by atoms with E-state index in [1.54, 1.807) is 18.3 Å². The summed E-state index contributed by atoms with van der Waals surface area (Å²) in [6.07, 6.45) is 4.49. The van der Waals surface area contributed by atoms with Crippen molar-refractivity contribution < 1.29 is 4.79 Å². The van der Waals surface area contributed by atoms with Crippen LogP contribution in [0.5, 0.6) is 0 Å². The fourth-order valence-electron chi connectivity index (χ4n) is 1.29. The Kier molecular flexibility index (Phi) is 2.84. The standard InChI is InChI=1S/C10H9N5OS/c11-9(16)6-4-14-15(5-6)7-1-2-13-8(3-7)10(12)17/h1-5H,(H2,11,16)(H2,12,17). The van der Waals surface area contributed by atoms with Gasteiger partial charge in [0.1, 0.15) is 4.99 Å². The van der Waals surface area contributed by atoms with Gasteiger partial charge in [-0.25, -0.2) is 4.68 Å². The number of carbonyl (C=O) groups is 1. The van der Waals surface area contributed by atoms with Crippen molar-refractivity contribution in [1.82, 2.24) is 14.8 Å². The van der Waals surface area contributed by atoms with Gasteiger partial charge in [0.2, 0.25) is 0 Å². The highest BCUT2D eigenvalue weighted by Gasteiger charge is 2.06. The maximum absolute atomic E-state index is 10.9. The van der Waals surface area contributed by atoms with Crippen molar-refractivity contribution in [1.29, 1.82) is 0 Å². The van der Waals surface area contributed by atoms with E-state index in [2.05, 4.69) is 10.1 Å². The van der Waals surface area contributed by atoms with Crippen molar-refractivity contribution in [2.45, 2.75) is 0 Å². The van der Waals surface area contributed by atoms with Gasteiger partial charge >= 0.3 is 0 Å². The lowest BCUT2D eigenvalue weighted by Crippen LogP contribution is -2.12. The third kappa shape index (κ3) is 2.28.